The topological polar surface area (TPSA) is 55.1 Å². The van der Waals surface area contributed by atoms with E-state index >= 15 is 0 Å². The highest BCUT2D eigenvalue weighted by Crippen LogP contribution is 2.36. The summed E-state index contributed by atoms with van der Waals surface area (Å²) in [5.74, 6) is 1.22. The predicted octanol–water partition coefficient (Wildman–Crippen LogP) is 3.23. The maximum absolute atomic E-state index is 12.6. The summed E-state index contributed by atoms with van der Waals surface area (Å²) in [5.41, 5.74) is 5.93. The maximum atomic E-state index is 12.6. The van der Waals surface area contributed by atoms with Crippen molar-refractivity contribution in [3.63, 3.8) is 0 Å². The van der Waals surface area contributed by atoms with Gasteiger partial charge in [0.25, 0.3) is 0 Å². The van der Waals surface area contributed by atoms with E-state index in [1.807, 2.05) is 0 Å². The van der Waals surface area contributed by atoms with Crippen LogP contribution < -0.4 is 11.1 Å². The Kier molecular flexibility index (Phi) is 5.48. The Morgan fingerprint density at radius 3 is 2.70 bits per heavy atom. The van der Waals surface area contributed by atoms with Crippen LogP contribution in [0.5, 0.6) is 0 Å². The summed E-state index contributed by atoms with van der Waals surface area (Å²) >= 11 is 0. The van der Waals surface area contributed by atoms with Crippen molar-refractivity contribution in [2.45, 2.75) is 77.7 Å². The highest BCUT2D eigenvalue weighted by atomic mass is 16.1. The number of amides is 1. The van der Waals surface area contributed by atoms with E-state index in [1.165, 1.54) is 32.1 Å². The third kappa shape index (κ3) is 3.97. The van der Waals surface area contributed by atoms with Crippen LogP contribution in [0.1, 0.15) is 71.6 Å². The molecule has 20 heavy (non-hydrogen) atoms. The van der Waals surface area contributed by atoms with Gasteiger partial charge in [-0.1, -0.05) is 39.5 Å². The quantitative estimate of drug-likeness (QED) is 0.830. The molecule has 2 saturated carbocycles. The van der Waals surface area contributed by atoms with E-state index in [-0.39, 0.29) is 11.3 Å². The minimum absolute atomic E-state index is 0.234. The molecule has 0 aromatic carbocycles. The van der Waals surface area contributed by atoms with Crippen LogP contribution in [0, 0.1) is 17.3 Å². The molecule has 2 aliphatic carbocycles. The Balaban J connectivity index is 1.87. The summed E-state index contributed by atoms with van der Waals surface area (Å²) in [6.07, 6.45) is 10.6. The van der Waals surface area contributed by atoms with Crippen molar-refractivity contribution >= 4 is 5.91 Å². The van der Waals surface area contributed by atoms with Gasteiger partial charge in [0, 0.05) is 12.0 Å². The maximum Gasteiger partial charge on any atom is 0.223 e. The molecule has 3 unspecified atom stereocenters. The third-order valence-electron chi connectivity index (χ3n) is 5.55. The predicted molar refractivity (Wildman–Crippen MR) is 83.3 cm³/mol. The molecule has 3 N–H and O–H groups in total. The Labute approximate surface area is 124 Å². The average Bonchev–Trinajstić information content (AvgIpc) is 2.42. The van der Waals surface area contributed by atoms with Crippen LogP contribution in [0.4, 0.5) is 0 Å². The molecule has 1 amide bonds. The minimum Gasteiger partial charge on any atom is -0.353 e. The second-order valence-corrected chi connectivity index (χ2v) is 7.60. The van der Waals surface area contributed by atoms with Gasteiger partial charge in [0.2, 0.25) is 5.91 Å². The lowest BCUT2D eigenvalue weighted by Crippen LogP contribution is -2.49. The fourth-order valence-corrected chi connectivity index (χ4v) is 4.08. The molecule has 0 aliphatic heterocycles. The van der Waals surface area contributed by atoms with E-state index in [0.29, 0.717) is 17.9 Å². The first-order chi connectivity index (χ1) is 9.53. The highest BCUT2D eigenvalue weighted by Gasteiger charge is 2.35. The van der Waals surface area contributed by atoms with Crippen molar-refractivity contribution in [2.24, 2.45) is 23.0 Å². The van der Waals surface area contributed by atoms with E-state index in [9.17, 15) is 4.79 Å². The van der Waals surface area contributed by atoms with E-state index < -0.39 is 0 Å². The van der Waals surface area contributed by atoms with Gasteiger partial charge in [0.05, 0.1) is 0 Å². The Morgan fingerprint density at radius 2 is 2.00 bits per heavy atom. The zero-order valence-electron chi connectivity index (χ0n) is 13.3. The molecular weight excluding hydrogens is 248 g/mol. The number of nitrogens with one attached hydrogen (secondary N) is 1. The number of rotatable bonds is 4. The van der Waals surface area contributed by atoms with Crippen LogP contribution in [0.25, 0.3) is 0 Å². The van der Waals surface area contributed by atoms with Gasteiger partial charge in [-0.25, -0.2) is 0 Å². The molecule has 2 rings (SSSR count). The molecular formula is C17H32N2O. The molecule has 2 aliphatic rings. The van der Waals surface area contributed by atoms with Gasteiger partial charge >= 0.3 is 0 Å². The van der Waals surface area contributed by atoms with Crippen LogP contribution in [-0.4, -0.2) is 18.5 Å². The first-order valence-electron chi connectivity index (χ1n) is 8.53. The molecule has 0 bridgehead atoms. The lowest BCUT2D eigenvalue weighted by atomic mass is 9.72. The van der Waals surface area contributed by atoms with Gasteiger partial charge in [0.15, 0.2) is 0 Å². The number of carbonyl (C=O) groups excluding carboxylic acids is 1. The van der Waals surface area contributed by atoms with Crippen LogP contribution in [0.15, 0.2) is 0 Å². The first kappa shape index (κ1) is 15.8. The lowest BCUT2D eigenvalue weighted by molar-refractivity contribution is -0.128. The molecule has 3 nitrogen and oxygen atoms in total. The van der Waals surface area contributed by atoms with Gasteiger partial charge < -0.3 is 11.1 Å². The standard InChI is InChI=1S/C17H32N2O/c1-17(2)10-4-3-8-15(17)19-16(20)14-7-5-6-13(12-14)9-11-18/h13-15H,3-12,18H2,1-2H3,(H,19,20). The van der Waals surface area contributed by atoms with Gasteiger partial charge in [-0.3, -0.25) is 4.79 Å². The SMILES string of the molecule is CC1(C)CCCCC1NC(=O)C1CCCC(CCN)C1. The largest absolute Gasteiger partial charge is 0.353 e. The normalized spacial score (nSPS) is 33.6. The van der Waals surface area contributed by atoms with Gasteiger partial charge in [0.1, 0.15) is 0 Å². The zero-order valence-corrected chi connectivity index (χ0v) is 13.3. The lowest BCUT2D eigenvalue weighted by Gasteiger charge is -2.40. The zero-order chi connectivity index (χ0) is 14.6. The number of nitrogens with two attached hydrogens (primary N) is 1. The summed E-state index contributed by atoms with van der Waals surface area (Å²) in [5, 5.41) is 3.37. The van der Waals surface area contributed by atoms with Crippen molar-refractivity contribution in [1.29, 1.82) is 0 Å². The van der Waals surface area contributed by atoms with Crippen molar-refractivity contribution < 1.29 is 4.79 Å². The van der Waals surface area contributed by atoms with Crippen LogP contribution in [-0.2, 0) is 4.79 Å². The Bertz CT molecular complexity index is 325. The van der Waals surface area contributed by atoms with Crippen LogP contribution in [0.2, 0.25) is 0 Å². The van der Waals surface area contributed by atoms with Gasteiger partial charge in [-0.2, -0.15) is 0 Å². The molecule has 2 fully saturated rings. The summed E-state index contributed by atoms with van der Waals surface area (Å²) in [7, 11) is 0. The number of hydrogen-bond acceptors (Lipinski definition) is 2. The number of hydrogen-bond donors (Lipinski definition) is 2. The first-order valence-corrected chi connectivity index (χ1v) is 8.53. The van der Waals surface area contributed by atoms with Crippen molar-refractivity contribution in [1.82, 2.24) is 5.32 Å². The Morgan fingerprint density at radius 1 is 1.20 bits per heavy atom. The second-order valence-electron chi connectivity index (χ2n) is 7.60. The second kappa shape index (κ2) is 6.93. The highest BCUT2D eigenvalue weighted by molar-refractivity contribution is 5.79. The molecule has 0 saturated heterocycles. The molecule has 0 radical (unpaired) electrons. The van der Waals surface area contributed by atoms with E-state index in [4.69, 9.17) is 5.73 Å². The smallest absolute Gasteiger partial charge is 0.223 e. The molecule has 3 atom stereocenters. The fourth-order valence-electron chi connectivity index (χ4n) is 4.08. The monoisotopic (exact) mass is 280 g/mol. The van der Waals surface area contributed by atoms with Crippen LogP contribution >= 0.6 is 0 Å². The molecule has 0 heterocycles. The van der Waals surface area contributed by atoms with Crippen molar-refractivity contribution in [3.8, 4) is 0 Å². The molecule has 3 heteroatoms. The van der Waals surface area contributed by atoms with E-state index in [1.54, 1.807) is 0 Å². The number of carbonyl (C=O) groups is 1. The summed E-state index contributed by atoms with van der Waals surface area (Å²) < 4.78 is 0. The summed E-state index contributed by atoms with van der Waals surface area (Å²) in [6.45, 7) is 5.36. The van der Waals surface area contributed by atoms with Crippen molar-refractivity contribution in [3.05, 3.63) is 0 Å². The molecule has 0 aromatic rings. The van der Waals surface area contributed by atoms with Crippen LogP contribution in [0.3, 0.4) is 0 Å². The van der Waals surface area contributed by atoms with E-state index in [0.717, 1.165) is 32.2 Å². The third-order valence-corrected chi connectivity index (χ3v) is 5.55. The molecule has 0 spiro atoms. The van der Waals surface area contributed by atoms with Gasteiger partial charge in [-0.15, -0.1) is 0 Å². The van der Waals surface area contributed by atoms with Crippen molar-refractivity contribution in [2.75, 3.05) is 6.54 Å². The molecule has 116 valence electrons. The summed E-state index contributed by atoms with van der Waals surface area (Å²) in [4.78, 5) is 12.6. The Hall–Kier alpha value is -0.570. The minimum atomic E-state index is 0.234. The fraction of sp³-hybridized carbons (Fsp3) is 0.941. The summed E-state index contributed by atoms with van der Waals surface area (Å²) in [6, 6.07) is 0.374. The molecule has 0 aromatic heterocycles. The average molecular weight is 280 g/mol. The van der Waals surface area contributed by atoms with E-state index in [2.05, 4.69) is 19.2 Å². The van der Waals surface area contributed by atoms with Gasteiger partial charge in [-0.05, 0) is 50.0 Å².